The minimum atomic E-state index is -0.361. The van der Waals surface area contributed by atoms with Crippen LogP contribution in [0.5, 0.6) is 0 Å². The second-order valence-corrected chi connectivity index (χ2v) is 9.51. The highest BCUT2D eigenvalue weighted by molar-refractivity contribution is 5.85. The number of ether oxygens (including phenoxy) is 1. The Hall–Kier alpha value is -1.38. The molecule has 0 aromatic rings. The van der Waals surface area contributed by atoms with Gasteiger partial charge >= 0.3 is 5.97 Å². The number of carbonyl (C=O) groups excluding carboxylic acids is 2. The van der Waals surface area contributed by atoms with Gasteiger partial charge in [0.05, 0.1) is 0 Å². The first-order valence-corrected chi connectivity index (χ1v) is 10.4. The van der Waals surface area contributed by atoms with Crippen molar-refractivity contribution in [1.82, 2.24) is 0 Å². The predicted molar refractivity (Wildman–Crippen MR) is 101 cm³/mol. The van der Waals surface area contributed by atoms with Gasteiger partial charge in [0.1, 0.15) is 6.61 Å². The number of hydrogen-bond donors (Lipinski definition) is 0. The Balaban J connectivity index is 1.60. The van der Waals surface area contributed by atoms with E-state index < -0.39 is 0 Å². The van der Waals surface area contributed by atoms with Crippen LogP contribution in [-0.4, -0.2) is 18.4 Å². The zero-order valence-electron chi connectivity index (χ0n) is 16.5. The van der Waals surface area contributed by atoms with E-state index >= 15 is 0 Å². The first-order chi connectivity index (χ1) is 12.4. The van der Waals surface area contributed by atoms with Crippen molar-refractivity contribution < 1.29 is 14.3 Å². The number of carbonyl (C=O) groups is 2. The van der Waals surface area contributed by atoms with Crippen molar-refractivity contribution in [2.45, 2.75) is 72.1 Å². The molecule has 0 aromatic carbocycles. The van der Waals surface area contributed by atoms with Gasteiger partial charge in [-0.3, -0.25) is 9.59 Å². The number of Topliss-reactive ketones (excluding diaryl/α,β-unsaturated/α-hetero) is 1. The fraction of sp³-hybridized carbons (Fsp3) is 0.739. The highest BCUT2D eigenvalue weighted by Crippen LogP contribution is 2.64. The van der Waals surface area contributed by atoms with Crippen LogP contribution in [0.15, 0.2) is 23.3 Å². The van der Waals surface area contributed by atoms with Gasteiger partial charge in [0, 0.05) is 12.8 Å². The molecule has 4 aliphatic carbocycles. The van der Waals surface area contributed by atoms with E-state index in [0.29, 0.717) is 17.3 Å². The minimum Gasteiger partial charge on any atom is -0.458 e. The number of esters is 1. The van der Waals surface area contributed by atoms with E-state index in [1.54, 1.807) is 11.1 Å². The fourth-order valence-electron chi connectivity index (χ4n) is 6.84. The third-order valence-corrected chi connectivity index (χ3v) is 8.29. The number of ketones is 1. The van der Waals surface area contributed by atoms with Crippen LogP contribution in [0.25, 0.3) is 0 Å². The van der Waals surface area contributed by atoms with Crippen molar-refractivity contribution in [2.24, 2.45) is 28.6 Å². The maximum absolute atomic E-state index is 12.8. The van der Waals surface area contributed by atoms with E-state index in [2.05, 4.69) is 26.0 Å². The number of rotatable bonds is 3. The maximum atomic E-state index is 12.8. The molecule has 0 aromatic heterocycles. The summed E-state index contributed by atoms with van der Waals surface area (Å²) < 4.78 is 5.02. The molecule has 142 valence electrons. The van der Waals surface area contributed by atoms with Crippen LogP contribution in [-0.2, 0) is 14.3 Å². The molecule has 26 heavy (non-hydrogen) atoms. The van der Waals surface area contributed by atoms with Gasteiger partial charge in [-0.2, -0.15) is 0 Å². The third-order valence-electron chi connectivity index (χ3n) is 8.29. The fourth-order valence-corrected chi connectivity index (χ4v) is 6.84. The lowest BCUT2D eigenvalue weighted by Crippen LogP contribution is -2.46. The molecule has 0 amide bonds. The molecule has 0 aliphatic heterocycles. The van der Waals surface area contributed by atoms with Crippen molar-refractivity contribution >= 4 is 11.8 Å². The average Bonchev–Trinajstić information content (AvgIpc) is 2.96. The average molecular weight is 357 g/mol. The molecule has 3 nitrogen and oxygen atoms in total. The maximum Gasteiger partial charge on any atom is 0.303 e. The summed E-state index contributed by atoms with van der Waals surface area (Å²) >= 11 is 0. The number of allylic oxidation sites excluding steroid dienone is 4. The topological polar surface area (TPSA) is 43.4 Å². The summed E-state index contributed by atoms with van der Waals surface area (Å²) in [4.78, 5) is 23.8. The highest BCUT2D eigenvalue weighted by Gasteiger charge is 2.57. The molecule has 0 radical (unpaired) electrons. The molecule has 0 bridgehead atoms. The first-order valence-electron chi connectivity index (χ1n) is 10.4. The summed E-state index contributed by atoms with van der Waals surface area (Å²) in [6.45, 7) is 6.14. The van der Waals surface area contributed by atoms with Crippen molar-refractivity contribution in [3.63, 3.8) is 0 Å². The first kappa shape index (κ1) is 18.0. The Morgan fingerprint density at radius 3 is 2.65 bits per heavy atom. The predicted octanol–water partition coefficient (Wildman–Crippen LogP) is 5.01. The van der Waals surface area contributed by atoms with Gasteiger partial charge < -0.3 is 4.74 Å². The normalized spacial score (nSPS) is 41.3. The van der Waals surface area contributed by atoms with Crippen LogP contribution in [0, 0.1) is 28.6 Å². The van der Waals surface area contributed by atoms with Gasteiger partial charge in [-0.15, -0.1) is 0 Å². The van der Waals surface area contributed by atoms with Gasteiger partial charge in [0.2, 0.25) is 0 Å². The standard InChI is InChI=1S/C23H32O3/c1-15(24)26-14-21(25)20-10-9-18-17-8-7-16-6-4-5-12-22(16,2)19(17)11-13-23(18,20)3/h7-8,18-20H,4-6,9-14H2,1-3H3/t18-,19-,20+,22-,23-/m0/s1. The molecule has 3 heteroatoms. The zero-order chi connectivity index (χ0) is 18.5. The van der Waals surface area contributed by atoms with Gasteiger partial charge in [-0.05, 0) is 67.6 Å². The molecule has 4 aliphatic rings. The molecule has 0 spiro atoms. The molecule has 0 N–H and O–H groups in total. The summed E-state index contributed by atoms with van der Waals surface area (Å²) in [5.74, 6) is 0.991. The lowest BCUT2D eigenvalue weighted by Gasteiger charge is -2.54. The molecule has 4 rings (SSSR count). The van der Waals surface area contributed by atoms with Gasteiger partial charge in [0.15, 0.2) is 5.78 Å². The van der Waals surface area contributed by atoms with Gasteiger partial charge in [-0.25, -0.2) is 0 Å². The summed E-state index contributed by atoms with van der Waals surface area (Å²) in [6.07, 6.45) is 14.5. The Bertz CT molecular complexity index is 688. The SMILES string of the molecule is CC(=O)OCC(=O)[C@H]1CC[C@H]2C3=CC=C4CCCC[C@]4(C)[C@H]3CC[C@]12C. The molecule has 3 saturated carbocycles. The summed E-state index contributed by atoms with van der Waals surface area (Å²) in [7, 11) is 0. The number of fused-ring (bicyclic) bond motifs is 5. The van der Waals surface area contributed by atoms with Crippen molar-refractivity contribution in [1.29, 1.82) is 0 Å². The van der Waals surface area contributed by atoms with Crippen LogP contribution >= 0.6 is 0 Å². The van der Waals surface area contributed by atoms with Crippen LogP contribution < -0.4 is 0 Å². The second kappa shape index (κ2) is 6.35. The Morgan fingerprint density at radius 1 is 1.08 bits per heavy atom. The monoisotopic (exact) mass is 356 g/mol. The third kappa shape index (κ3) is 2.61. The highest BCUT2D eigenvalue weighted by atomic mass is 16.5. The van der Waals surface area contributed by atoms with E-state index in [4.69, 9.17) is 4.74 Å². The van der Waals surface area contributed by atoms with E-state index in [-0.39, 0.29) is 29.7 Å². The number of hydrogen-bond acceptors (Lipinski definition) is 3. The van der Waals surface area contributed by atoms with Crippen molar-refractivity contribution in [2.75, 3.05) is 6.61 Å². The minimum absolute atomic E-state index is 0.0376. The van der Waals surface area contributed by atoms with Crippen LogP contribution in [0.2, 0.25) is 0 Å². The smallest absolute Gasteiger partial charge is 0.303 e. The Labute approximate surface area is 157 Å². The van der Waals surface area contributed by atoms with Crippen molar-refractivity contribution in [3.05, 3.63) is 23.3 Å². The summed E-state index contributed by atoms with van der Waals surface area (Å²) in [6, 6.07) is 0. The van der Waals surface area contributed by atoms with Gasteiger partial charge in [0.25, 0.3) is 0 Å². The summed E-state index contributed by atoms with van der Waals surface area (Å²) in [5, 5.41) is 0. The van der Waals surface area contributed by atoms with Crippen LogP contribution in [0.3, 0.4) is 0 Å². The molecular formula is C23H32O3. The van der Waals surface area contributed by atoms with E-state index in [9.17, 15) is 9.59 Å². The van der Waals surface area contributed by atoms with Crippen molar-refractivity contribution in [3.8, 4) is 0 Å². The quantitative estimate of drug-likeness (QED) is 0.668. The van der Waals surface area contributed by atoms with Gasteiger partial charge in [-0.1, -0.05) is 43.6 Å². The summed E-state index contributed by atoms with van der Waals surface area (Å²) in [5.41, 5.74) is 3.68. The second-order valence-electron chi connectivity index (χ2n) is 9.51. The van der Waals surface area contributed by atoms with E-state index in [0.717, 1.165) is 19.3 Å². The van der Waals surface area contributed by atoms with E-state index in [1.165, 1.54) is 39.0 Å². The Morgan fingerprint density at radius 2 is 1.88 bits per heavy atom. The lowest BCUT2D eigenvalue weighted by molar-refractivity contribution is -0.148. The largest absolute Gasteiger partial charge is 0.458 e. The Kier molecular flexibility index (Phi) is 4.40. The molecule has 0 unspecified atom stereocenters. The van der Waals surface area contributed by atoms with E-state index in [1.807, 2.05) is 0 Å². The molecule has 0 heterocycles. The van der Waals surface area contributed by atoms with Crippen LogP contribution in [0.4, 0.5) is 0 Å². The molecular weight excluding hydrogens is 324 g/mol. The zero-order valence-corrected chi connectivity index (χ0v) is 16.5. The lowest BCUT2D eigenvalue weighted by atomic mass is 9.50. The molecule has 0 saturated heterocycles. The molecule has 5 atom stereocenters. The van der Waals surface area contributed by atoms with Crippen LogP contribution in [0.1, 0.15) is 72.1 Å². The molecule has 3 fully saturated rings.